The average Bonchev–Trinajstić information content (AvgIpc) is 3.10. The third kappa shape index (κ3) is 5.20. The summed E-state index contributed by atoms with van der Waals surface area (Å²) in [7, 11) is 1.02. The van der Waals surface area contributed by atoms with Gasteiger partial charge in [-0.15, -0.1) is 0 Å². The van der Waals surface area contributed by atoms with Crippen molar-refractivity contribution in [3.63, 3.8) is 0 Å². The van der Waals surface area contributed by atoms with E-state index in [4.69, 9.17) is 9.47 Å². The lowest BCUT2D eigenvalue weighted by Gasteiger charge is -2.38. The Morgan fingerprint density at radius 1 is 1.26 bits per heavy atom. The fourth-order valence-electron chi connectivity index (χ4n) is 4.78. The van der Waals surface area contributed by atoms with Gasteiger partial charge in [0.15, 0.2) is 0 Å². The maximum Gasteiger partial charge on any atom is 0.239 e. The van der Waals surface area contributed by atoms with Crippen molar-refractivity contribution in [3.8, 4) is 5.75 Å². The highest BCUT2D eigenvalue weighted by Crippen LogP contribution is 2.38. The number of aryl methyl sites for hydroxylation is 1. The van der Waals surface area contributed by atoms with Gasteiger partial charge in [0.2, 0.25) is 15.9 Å². The van der Waals surface area contributed by atoms with Gasteiger partial charge >= 0.3 is 0 Å². The average molecular weight is 455 g/mol. The summed E-state index contributed by atoms with van der Waals surface area (Å²) in [6.45, 7) is 4.24. The van der Waals surface area contributed by atoms with Crippen LogP contribution in [0.3, 0.4) is 0 Å². The van der Waals surface area contributed by atoms with Crippen molar-refractivity contribution in [1.29, 1.82) is 0 Å². The number of amides is 1. The zero-order valence-electron chi connectivity index (χ0n) is 18.8. The molecular formula is C21H34N4O5S. The number of hydrogen-bond donors (Lipinski definition) is 3. The van der Waals surface area contributed by atoms with Gasteiger partial charge in [0.05, 0.1) is 25.5 Å². The first-order chi connectivity index (χ1) is 14.7. The van der Waals surface area contributed by atoms with E-state index < -0.39 is 15.3 Å². The van der Waals surface area contributed by atoms with Crippen LogP contribution in [-0.4, -0.2) is 70.4 Å². The van der Waals surface area contributed by atoms with Gasteiger partial charge in [-0.05, 0) is 55.4 Å². The van der Waals surface area contributed by atoms with Gasteiger partial charge in [-0.25, -0.2) is 8.42 Å². The number of sulfonamides is 1. The Bertz CT molecular complexity index is 894. The molecule has 0 spiro atoms. The lowest BCUT2D eigenvalue weighted by Crippen LogP contribution is -2.54. The van der Waals surface area contributed by atoms with E-state index in [1.807, 2.05) is 6.92 Å². The van der Waals surface area contributed by atoms with E-state index in [1.54, 1.807) is 32.4 Å². The zero-order chi connectivity index (χ0) is 22.8. The smallest absolute Gasteiger partial charge is 0.239 e. The summed E-state index contributed by atoms with van der Waals surface area (Å²) in [5, 5.41) is 2.17. The van der Waals surface area contributed by atoms with E-state index in [0.29, 0.717) is 18.7 Å². The highest BCUT2D eigenvalue weighted by molar-refractivity contribution is 7.89. The molecule has 5 unspecified atom stereocenters. The number of fused-ring (bicyclic) bond motifs is 1. The number of likely N-dealkylation sites (N-methyl/N-ethyl adjacent to an activating group) is 1. The van der Waals surface area contributed by atoms with Crippen molar-refractivity contribution in [1.82, 2.24) is 15.2 Å². The second-order valence-corrected chi connectivity index (χ2v) is 10.9. The van der Waals surface area contributed by atoms with Crippen LogP contribution in [0.25, 0.3) is 0 Å². The summed E-state index contributed by atoms with van der Waals surface area (Å²) in [6.07, 6.45) is 1.49. The van der Waals surface area contributed by atoms with Gasteiger partial charge in [0, 0.05) is 31.9 Å². The molecule has 9 nitrogen and oxygen atoms in total. The van der Waals surface area contributed by atoms with Crippen LogP contribution in [0, 0.1) is 18.8 Å². The summed E-state index contributed by atoms with van der Waals surface area (Å²) >= 11 is 0. The highest BCUT2D eigenvalue weighted by atomic mass is 32.2. The van der Waals surface area contributed by atoms with E-state index >= 15 is 0 Å². The third-order valence-electron chi connectivity index (χ3n) is 6.33. The Labute approximate surface area is 184 Å². The second kappa shape index (κ2) is 9.83. The fraction of sp³-hybridized carbons (Fsp3) is 0.667. The van der Waals surface area contributed by atoms with E-state index in [-0.39, 0.29) is 36.4 Å². The summed E-state index contributed by atoms with van der Waals surface area (Å²) in [5.41, 5.74) is 7.87. The molecule has 0 radical (unpaired) electrons. The topological polar surface area (TPSA) is 109 Å². The van der Waals surface area contributed by atoms with Crippen LogP contribution in [0.15, 0.2) is 18.2 Å². The molecule has 0 bridgehead atoms. The Hall–Kier alpha value is -1.72. The number of nitrogens with one attached hydrogen (secondary N) is 3. The van der Waals surface area contributed by atoms with Crippen molar-refractivity contribution in [2.75, 3.05) is 39.7 Å². The van der Waals surface area contributed by atoms with Crippen LogP contribution in [0.4, 0.5) is 5.69 Å². The number of methoxy groups -OCH3 is 2. The van der Waals surface area contributed by atoms with E-state index in [1.165, 1.54) is 11.4 Å². The number of rotatable bonds is 8. The minimum atomic E-state index is -3.68. The minimum absolute atomic E-state index is 0.0716. The number of carbonyl (C=O) groups is 1. The van der Waals surface area contributed by atoms with Crippen molar-refractivity contribution < 1.29 is 22.7 Å². The Morgan fingerprint density at radius 3 is 2.65 bits per heavy atom. The first kappa shape index (κ1) is 23.9. The summed E-state index contributed by atoms with van der Waals surface area (Å²) in [5.74, 6) is 0.772. The molecular weight excluding hydrogens is 420 g/mol. The molecule has 2 aliphatic rings. The Balaban J connectivity index is 1.68. The lowest BCUT2D eigenvalue weighted by atomic mass is 9.76. The number of ether oxygens (including phenoxy) is 2. The SMILES string of the molecule is COCC1NNC2C1CC(C)CC2S(=O)(=O)N(C)CC(=O)Nc1ccc(OC)c(C)c1. The minimum Gasteiger partial charge on any atom is -0.496 e. The molecule has 1 amide bonds. The number of hydrazine groups is 1. The number of benzene rings is 1. The van der Waals surface area contributed by atoms with Crippen LogP contribution in [0.1, 0.15) is 25.3 Å². The zero-order valence-corrected chi connectivity index (χ0v) is 19.7. The number of carbonyl (C=O) groups excluding carboxylic acids is 1. The van der Waals surface area contributed by atoms with Crippen molar-refractivity contribution >= 4 is 21.6 Å². The molecule has 174 valence electrons. The molecule has 1 aromatic rings. The van der Waals surface area contributed by atoms with Crippen molar-refractivity contribution in [2.24, 2.45) is 11.8 Å². The summed E-state index contributed by atoms with van der Waals surface area (Å²) in [4.78, 5) is 12.6. The second-order valence-electron chi connectivity index (χ2n) is 8.69. The quantitative estimate of drug-likeness (QED) is 0.540. The standard InChI is InChI=1S/C21H34N4O5S/c1-13-8-16-17(12-29-4)23-24-21(16)19(9-13)31(27,28)25(3)11-20(26)22-15-6-7-18(30-5)14(2)10-15/h6-7,10,13,16-17,19,21,23-24H,8-9,11-12H2,1-5H3,(H,22,26). The predicted octanol–water partition coefficient (Wildman–Crippen LogP) is 1.11. The maximum atomic E-state index is 13.4. The molecule has 3 rings (SSSR count). The molecule has 1 aliphatic heterocycles. The Morgan fingerprint density at radius 2 is 2.00 bits per heavy atom. The van der Waals surface area contributed by atoms with Crippen LogP contribution < -0.4 is 20.9 Å². The van der Waals surface area contributed by atoms with Gasteiger partial charge < -0.3 is 14.8 Å². The van der Waals surface area contributed by atoms with E-state index in [2.05, 4.69) is 23.1 Å². The predicted molar refractivity (Wildman–Crippen MR) is 119 cm³/mol. The number of nitrogens with zero attached hydrogens (tertiary/aromatic N) is 1. The summed E-state index contributed by atoms with van der Waals surface area (Å²) < 4.78 is 38.5. The van der Waals surface area contributed by atoms with Crippen molar-refractivity contribution in [2.45, 2.75) is 44.0 Å². The molecule has 3 N–H and O–H groups in total. The van der Waals surface area contributed by atoms with Gasteiger partial charge in [-0.2, -0.15) is 4.31 Å². The van der Waals surface area contributed by atoms with Crippen LogP contribution in [0.5, 0.6) is 5.75 Å². The molecule has 1 heterocycles. The molecule has 10 heteroatoms. The Kier molecular flexibility index (Phi) is 7.59. The molecule has 2 fully saturated rings. The van der Waals surface area contributed by atoms with Crippen molar-refractivity contribution in [3.05, 3.63) is 23.8 Å². The van der Waals surface area contributed by atoms with Crippen LogP contribution >= 0.6 is 0 Å². The van der Waals surface area contributed by atoms with Crippen LogP contribution in [-0.2, 0) is 19.6 Å². The molecule has 0 aromatic heterocycles. The fourth-order valence-corrected chi connectivity index (χ4v) is 6.75. The molecule has 1 aliphatic carbocycles. The molecule has 1 saturated carbocycles. The molecule has 1 aromatic carbocycles. The molecule has 1 saturated heterocycles. The van der Waals surface area contributed by atoms with Gasteiger partial charge in [0.1, 0.15) is 5.75 Å². The largest absolute Gasteiger partial charge is 0.496 e. The normalized spacial score (nSPS) is 28.4. The number of anilines is 1. The highest BCUT2D eigenvalue weighted by Gasteiger charge is 2.50. The van der Waals surface area contributed by atoms with E-state index in [9.17, 15) is 13.2 Å². The van der Waals surface area contributed by atoms with E-state index in [0.717, 1.165) is 17.7 Å². The first-order valence-corrected chi connectivity index (χ1v) is 12.1. The van der Waals surface area contributed by atoms with Crippen LogP contribution in [0.2, 0.25) is 0 Å². The lowest BCUT2D eigenvalue weighted by molar-refractivity contribution is -0.116. The summed E-state index contributed by atoms with van der Waals surface area (Å²) in [6, 6.07) is 5.15. The van der Waals surface area contributed by atoms with Gasteiger partial charge in [-0.1, -0.05) is 6.92 Å². The maximum absolute atomic E-state index is 13.4. The van der Waals surface area contributed by atoms with Gasteiger partial charge in [0.25, 0.3) is 0 Å². The monoisotopic (exact) mass is 454 g/mol. The third-order valence-corrected chi connectivity index (χ3v) is 8.58. The van der Waals surface area contributed by atoms with Gasteiger partial charge in [-0.3, -0.25) is 15.6 Å². The first-order valence-electron chi connectivity index (χ1n) is 10.6. The molecule has 31 heavy (non-hydrogen) atoms. The number of hydrogen-bond acceptors (Lipinski definition) is 7. The molecule has 5 atom stereocenters.